The number of alkyl carbamates (subject to hydrolysis) is 1. The summed E-state index contributed by atoms with van der Waals surface area (Å²) in [6.45, 7) is 9.74. The number of carbonyl (C=O) groups excluding carboxylic acids is 1. The molecule has 1 aromatic heterocycles. The Hall–Kier alpha value is -2.51. The first-order valence-electron chi connectivity index (χ1n) is 11.2. The number of nitrogens with one attached hydrogen (secondary N) is 1. The molecular weight excluding hydrogens is 430 g/mol. The van der Waals surface area contributed by atoms with Crippen LogP contribution in [0.3, 0.4) is 0 Å². The maximum Gasteiger partial charge on any atom is 0.407 e. The van der Waals surface area contributed by atoms with Crippen molar-refractivity contribution in [2.45, 2.75) is 46.2 Å². The van der Waals surface area contributed by atoms with Crippen LogP contribution in [0.2, 0.25) is 5.02 Å². The van der Waals surface area contributed by atoms with E-state index in [1.54, 1.807) is 0 Å². The van der Waals surface area contributed by atoms with Crippen molar-refractivity contribution in [2.24, 2.45) is 0 Å². The van der Waals surface area contributed by atoms with Crippen LogP contribution in [0.5, 0.6) is 11.5 Å². The molecule has 2 heterocycles. The minimum absolute atomic E-state index is 0.168. The van der Waals surface area contributed by atoms with Crippen LogP contribution in [0.15, 0.2) is 30.5 Å². The first kappa shape index (κ1) is 24.1. The lowest BCUT2D eigenvalue weighted by atomic mass is 10.0. The molecule has 0 saturated carbocycles. The zero-order valence-electron chi connectivity index (χ0n) is 19.0. The number of carbonyl (C=O) groups is 1. The van der Waals surface area contributed by atoms with Gasteiger partial charge >= 0.3 is 6.09 Å². The maximum atomic E-state index is 11.6. The summed E-state index contributed by atoms with van der Waals surface area (Å²) in [5.41, 5.74) is 2.93. The molecule has 0 aliphatic carbocycles. The summed E-state index contributed by atoms with van der Waals surface area (Å²) in [4.78, 5) is 18.6. The molecule has 1 saturated heterocycles. The average molecular weight is 462 g/mol. The predicted molar refractivity (Wildman–Crippen MR) is 125 cm³/mol. The van der Waals surface area contributed by atoms with Gasteiger partial charge in [0.05, 0.1) is 25.5 Å². The number of nitrogens with zero attached hydrogens (tertiary/aromatic N) is 2. The monoisotopic (exact) mass is 461 g/mol. The van der Waals surface area contributed by atoms with Gasteiger partial charge in [-0.05, 0) is 63.4 Å². The van der Waals surface area contributed by atoms with Crippen molar-refractivity contribution in [3.63, 3.8) is 0 Å². The van der Waals surface area contributed by atoms with E-state index in [1.165, 1.54) is 5.56 Å². The molecule has 1 amide bonds. The smallest absolute Gasteiger partial charge is 0.407 e. The summed E-state index contributed by atoms with van der Waals surface area (Å²) >= 11 is 6.44. The number of halogens is 1. The van der Waals surface area contributed by atoms with Crippen molar-refractivity contribution in [3.8, 4) is 22.8 Å². The second-order valence-electron chi connectivity index (χ2n) is 7.62. The Bertz CT molecular complexity index is 874. The standard InChI is InChI=1S/C24H32ClN3O4/c1-4-30-21-14-18(15-22(23(21)25)31-5-2)20-13-17(7-10-26-20)16-28-11-8-19(9-12-28)27-24(29)32-6-3/h7,10,13-15,19H,4-6,8-9,11-12,16H2,1-3H3,(H,27,29). The second kappa shape index (κ2) is 11.9. The summed E-state index contributed by atoms with van der Waals surface area (Å²) < 4.78 is 16.4. The molecule has 1 N–H and O–H groups in total. The molecule has 2 aromatic rings. The number of pyridine rings is 1. The van der Waals surface area contributed by atoms with E-state index in [4.69, 9.17) is 25.8 Å². The normalized spacial score (nSPS) is 14.8. The fraction of sp³-hybridized carbons (Fsp3) is 0.500. The fourth-order valence-electron chi connectivity index (χ4n) is 3.80. The van der Waals surface area contributed by atoms with E-state index >= 15 is 0 Å². The molecular formula is C24H32ClN3O4. The van der Waals surface area contributed by atoms with Gasteiger partial charge in [0.25, 0.3) is 0 Å². The zero-order valence-corrected chi connectivity index (χ0v) is 19.8. The molecule has 1 fully saturated rings. The van der Waals surface area contributed by atoms with Gasteiger partial charge < -0.3 is 19.5 Å². The number of amides is 1. The molecule has 8 heteroatoms. The molecule has 32 heavy (non-hydrogen) atoms. The summed E-state index contributed by atoms with van der Waals surface area (Å²) in [5, 5.41) is 3.42. The molecule has 3 rings (SSSR count). The highest BCUT2D eigenvalue weighted by Gasteiger charge is 2.21. The van der Waals surface area contributed by atoms with Crippen LogP contribution in [0.4, 0.5) is 4.79 Å². The number of rotatable bonds is 9. The van der Waals surface area contributed by atoms with Crippen molar-refractivity contribution < 1.29 is 19.0 Å². The van der Waals surface area contributed by atoms with Gasteiger partial charge in [-0.1, -0.05) is 11.6 Å². The molecule has 0 spiro atoms. The van der Waals surface area contributed by atoms with E-state index in [9.17, 15) is 4.79 Å². The number of aromatic nitrogens is 1. The lowest BCUT2D eigenvalue weighted by Crippen LogP contribution is -2.44. The Morgan fingerprint density at radius 1 is 1.09 bits per heavy atom. The molecule has 7 nitrogen and oxygen atoms in total. The van der Waals surface area contributed by atoms with Gasteiger partial charge in [0.2, 0.25) is 0 Å². The third-order valence-electron chi connectivity index (χ3n) is 5.32. The van der Waals surface area contributed by atoms with E-state index in [2.05, 4.69) is 21.3 Å². The van der Waals surface area contributed by atoms with E-state index in [0.29, 0.717) is 36.3 Å². The maximum absolute atomic E-state index is 11.6. The van der Waals surface area contributed by atoms with Gasteiger partial charge in [0, 0.05) is 37.4 Å². The number of ether oxygens (including phenoxy) is 3. The molecule has 1 aromatic carbocycles. The molecule has 174 valence electrons. The van der Waals surface area contributed by atoms with Gasteiger partial charge in [-0.2, -0.15) is 0 Å². The molecule has 1 aliphatic heterocycles. The molecule has 0 radical (unpaired) electrons. The lowest BCUT2D eigenvalue weighted by molar-refractivity contribution is 0.136. The average Bonchev–Trinajstić information content (AvgIpc) is 2.78. The Morgan fingerprint density at radius 3 is 2.34 bits per heavy atom. The van der Waals surface area contributed by atoms with Gasteiger partial charge in [-0.25, -0.2) is 4.79 Å². The van der Waals surface area contributed by atoms with Crippen LogP contribution in [0, 0.1) is 0 Å². The summed E-state index contributed by atoms with van der Waals surface area (Å²) in [6.07, 6.45) is 3.31. The number of piperidine rings is 1. The van der Waals surface area contributed by atoms with Crippen LogP contribution in [0.1, 0.15) is 39.2 Å². The van der Waals surface area contributed by atoms with E-state index in [0.717, 1.165) is 43.7 Å². The fourth-order valence-corrected chi connectivity index (χ4v) is 4.02. The molecule has 0 bridgehead atoms. The highest BCUT2D eigenvalue weighted by molar-refractivity contribution is 6.33. The van der Waals surface area contributed by atoms with Crippen molar-refractivity contribution in [3.05, 3.63) is 41.0 Å². The van der Waals surface area contributed by atoms with E-state index in [-0.39, 0.29) is 12.1 Å². The van der Waals surface area contributed by atoms with Crippen LogP contribution in [0.25, 0.3) is 11.3 Å². The van der Waals surface area contributed by atoms with E-state index < -0.39 is 0 Å². The summed E-state index contributed by atoms with van der Waals surface area (Å²) in [5.74, 6) is 1.19. The predicted octanol–water partition coefficient (Wildman–Crippen LogP) is 4.91. The minimum Gasteiger partial charge on any atom is -0.492 e. The van der Waals surface area contributed by atoms with Gasteiger partial charge in [-0.15, -0.1) is 0 Å². The van der Waals surface area contributed by atoms with Gasteiger partial charge in [0.15, 0.2) is 0 Å². The van der Waals surface area contributed by atoms with Crippen molar-refractivity contribution in [1.29, 1.82) is 0 Å². The van der Waals surface area contributed by atoms with Crippen molar-refractivity contribution in [2.75, 3.05) is 32.9 Å². The highest BCUT2D eigenvalue weighted by atomic mass is 35.5. The van der Waals surface area contributed by atoms with Crippen LogP contribution in [-0.4, -0.2) is 54.9 Å². The van der Waals surface area contributed by atoms with Crippen LogP contribution >= 0.6 is 11.6 Å². The lowest BCUT2D eigenvalue weighted by Gasteiger charge is -2.32. The van der Waals surface area contributed by atoms with Gasteiger partial charge in [-0.3, -0.25) is 9.88 Å². The van der Waals surface area contributed by atoms with Gasteiger partial charge in [0.1, 0.15) is 16.5 Å². The Labute approximate surface area is 195 Å². The summed E-state index contributed by atoms with van der Waals surface area (Å²) in [7, 11) is 0. The first-order chi connectivity index (χ1) is 15.5. The third kappa shape index (κ3) is 6.50. The second-order valence-corrected chi connectivity index (χ2v) is 8.00. The Kier molecular flexibility index (Phi) is 9.00. The molecule has 1 aliphatic rings. The number of likely N-dealkylation sites (tertiary alicyclic amines) is 1. The largest absolute Gasteiger partial charge is 0.492 e. The van der Waals surface area contributed by atoms with Crippen LogP contribution < -0.4 is 14.8 Å². The number of benzene rings is 1. The van der Waals surface area contributed by atoms with Crippen molar-refractivity contribution in [1.82, 2.24) is 15.2 Å². The number of hydrogen-bond donors (Lipinski definition) is 1. The van der Waals surface area contributed by atoms with Crippen molar-refractivity contribution >= 4 is 17.7 Å². The molecule has 0 atom stereocenters. The van der Waals surface area contributed by atoms with Crippen LogP contribution in [-0.2, 0) is 11.3 Å². The minimum atomic E-state index is -0.328. The zero-order chi connectivity index (χ0) is 22.9. The number of hydrogen-bond acceptors (Lipinski definition) is 6. The van der Waals surface area contributed by atoms with E-state index in [1.807, 2.05) is 45.2 Å². The highest BCUT2D eigenvalue weighted by Crippen LogP contribution is 2.38. The quantitative estimate of drug-likeness (QED) is 0.572. The summed E-state index contributed by atoms with van der Waals surface area (Å²) in [6, 6.07) is 8.12. The molecule has 0 unspecified atom stereocenters. The Balaban J connectivity index is 1.68. The Morgan fingerprint density at radius 2 is 1.75 bits per heavy atom. The third-order valence-corrected chi connectivity index (χ3v) is 5.69. The SMILES string of the molecule is CCOC(=O)NC1CCN(Cc2ccnc(-c3cc(OCC)c(Cl)c(OCC)c3)c2)CC1. The topological polar surface area (TPSA) is 72.9 Å². The first-order valence-corrected chi connectivity index (χ1v) is 11.6.